The average molecular weight is 190 g/mol. The van der Waals surface area contributed by atoms with Gasteiger partial charge in [-0.05, 0) is 17.7 Å². The van der Waals surface area contributed by atoms with Crippen molar-refractivity contribution >= 4 is 17.7 Å². The smallest absolute Gasteiger partial charge is 0.217 e. The zero-order chi connectivity index (χ0) is 10.4. The minimum atomic E-state index is -0.0257. The van der Waals surface area contributed by atoms with Crippen LogP contribution in [0.2, 0.25) is 0 Å². The third kappa shape index (κ3) is 3.76. The number of amides is 1. The Morgan fingerprint density at radius 2 is 2.36 bits per heavy atom. The number of nitrogens with one attached hydrogen (secondary N) is 1. The number of rotatable bonds is 3. The van der Waals surface area contributed by atoms with E-state index in [1.807, 2.05) is 36.4 Å². The molecule has 0 fully saturated rings. The molecule has 0 saturated carbocycles. The quantitative estimate of drug-likeness (QED) is 0.708. The molecule has 74 valence electrons. The third-order valence-electron chi connectivity index (χ3n) is 1.69. The molecule has 0 bridgehead atoms. The van der Waals surface area contributed by atoms with E-state index in [0.717, 1.165) is 11.3 Å². The Hall–Kier alpha value is -1.77. The van der Waals surface area contributed by atoms with Gasteiger partial charge in [0.25, 0.3) is 0 Å². The van der Waals surface area contributed by atoms with Gasteiger partial charge in [-0.1, -0.05) is 24.3 Å². The standard InChI is InChI=1S/C11H14N2O/c1-9(14)13-7-3-5-10-4-2-6-11(12)8-10/h2-6,8H,7,12H2,1H3,(H,13,14). The second kappa shape index (κ2) is 5.07. The van der Waals surface area contributed by atoms with Crippen molar-refractivity contribution in [3.8, 4) is 0 Å². The predicted molar refractivity (Wildman–Crippen MR) is 58.6 cm³/mol. The van der Waals surface area contributed by atoms with Gasteiger partial charge in [0.15, 0.2) is 0 Å². The monoisotopic (exact) mass is 190 g/mol. The molecule has 1 aromatic carbocycles. The molecule has 0 saturated heterocycles. The van der Waals surface area contributed by atoms with Crippen LogP contribution in [0.1, 0.15) is 12.5 Å². The molecule has 1 rings (SSSR count). The maximum Gasteiger partial charge on any atom is 0.217 e. The zero-order valence-electron chi connectivity index (χ0n) is 8.16. The first-order chi connectivity index (χ1) is 6.68. The van der Waals surface area contributed by atoms with Gasteiger partial charge in [-0.15, -0.1) is 0 Å². The Morgan fingerprint density at radius 3 is 3.00 bits per heavy atom. The first kappa shape index (κ1) is 10.3. The Bertz CT molecular complexity index is 345. The molecule has 3 heteroatoms. The highest BCUT2D eigenvalue weighted by atomic mass is 16.1. The van der Waals surface area contributed by atoms with Crippen LogP contribution in [-0.2, 0) is 4.79 Å². The molecule has 0 aromatic heterocycles. The van der Waals surface area contributed by atoms with Gasteiger partial charge in [-0.2, -0.15) is 0 Å². The number of anilines is 1. The topological polar surface area (TPSA) is 55.1 Å². The van der Waals surface area contributed by atoms with E-state index in [2.05, 4.69) is 5.32 Å². The van der Waals surface area contributed by atoms with Crippen LogP contribution in [0.4, 0.5) is 5.69 Å². The van der Waals surface area contributed by atoms with E-state index in [-0.39, 0.29) is 5.91 Å². The second-order valence-corrected chi connectivity index (χ2v) is 3.01. The van der Waals surface area contributed by atoms with E-state index in [1.54, 1.807) is 0 Å². The maximum atomic E-state index is 10.5. The summed E-state index contributed by atoms with van der Waals surface area (Å²) in [6.45, 7) is 2.04. The predicted octanol–water partition coefficient (Wildman–Crippen LogP) is 1.42. The van der Waals surface area contributed by atoms with Crippen molar-refractivity contribution in [1.29, 1.82) is 0 Å². The maximum absolute atomic E-state index is 10.5. The number of benzene rings is 1. The lowest BCUT2D eigenvalue weighted by Gasteiger charge is -1.96. The van der Waals surface area contributed by atoms with Crippen LogP contribution in [0, 0.1) is 0 Å². The molecule has 3 nitrogen and oxygen atoms in total. The van der Waals surface area contributed by atoms with Crippen molar-refractivity contribution in [2.24, 2.45) is 0 Å². The fraction of sp³-hybridized carbons (Fsp3) is 0.182. The number of nitrogen functional groups attached to an aromatic ring is 1. The van der Waals surface area contributed by atoms with Crippen LogP contribution >= 0.6 is 0 Å². The first-order valence-corrected chi connectivity index (χ1v) is 4.45. The third-order valence-corrected chi connectivity index (χ3v) is 1.69. The summed E-state index contributed by atoms with van der Waals surface area (Å²) in [7, 11) is 0. The SMILES string of the molecule is CC(=O)NCC=Cc1cccc(N)c1. The molecule has 0 aliphatic rings. The van der Waals surface area contributed by atoms with E-state index in [9.17, 15) is 4.79 Å². The number of hydrogen-bond acceptors (Lipinski definition) is 2. The van der Waals surface area contributed by atoms with Gasteiger partial charge in [-0.3, -0.25) is 4.79 Å². The average Bonchev–Trinajstić information content (AvgIpc) is 2.12. The molecule has 0 atom stereocenters. The van der Waals surface area contributed by atoms with Crippen LogP contribution < -0.4 is 11.1 Å². The van der Waals surface area contributed by atoms with Gasteiger partial charge in [0.1, 0.15) is 0 Å². The van der Waals surface area contributed by atoms with Gasteiger partial charge < -0.3 is 11.1 Å². The summed E-state index contributed by atoms with van der Waals surface area (Å²) < 4.78 is 0. The summed E-state index contributed by atoms with van der Waals surface area (Å²) in [5.74, 6) is -0.0257. The van der Waals surface area contributed by atoms with Crippen LogP contribution in [0.15, 0.2) is 30.3 Å². The number of carbonyl (C=O) groups excluding carboxylic acids is 1. The highest BCUT2D eigenvalue weighted by Crippen LogP contribution is 2.07. The Morgan fingerprint density at radius 1 is 1.57 bits per heavy atom. The largest absolute Gasteiger partial charge is 0.399 e. The van der Waals surface area contributed by atoms with Crippen molar-refractivity contribution in [1.82, 2.24) is 5.32 Å². The summed E-state index contributed by atoms with van der Waals surface area (Å²) in [5, 5.41) is 2.67. The van der Waals surface area contributed by atoms with Crippen molar-refractivity contribution in [3.05, 3.63) is 35.9 Å². The van der Waals surface area contributed by atoms with Gasteiger partial charge >= 0.3 is 0 Å². The number of nitrogens with two attached hydrogens (primary N) is 1. The van der Waals surface area contributed by atoms with Crippen molar-refractivity contribution < 1.29 is 4.79 Å². The van der Waals surface area contributed by atoms with Gasteiger partial charge in [0, 0.05) is 19.2 Å². The van der Waals surface area contributed by atoms with E-state index in [1.165, 1.54) is 6.92 Å². The molecule has 0 spiro atoms. The fourth-order valence-electron chi connectivity index (χ4n) is 1.06. The molecule has 0 aliphatic carbocycles. The van der Waals surface area contributed by atoms with Crippen LogP contribution in [0.25, 0.3) is 6.08 Å². The molecule has 0 unspecified atom stereocenters. The van der Waals surface area contributed by atoms with Crippen LogP contribution in [-0.4, -0.2) is 12.5 Å². The molecular weight excluding hydrogens is 176 g/mol. The lowest BCUT2D eigenvalue weighted by Crippen LogP contribution is -2.19. The Labute approximate surface area is 83.6 Å². The summed E-state index contributed by atoms with van der Waals surface area (Å²) in [4.78, 5) is 10.5. The molecule has 3 N–H and O–H groups in total. The minimum Gasteiger partial charge on any atom is -0.399 e. The molecule has 0 heterocycles. The molecular formula is C11H14N2O. The highest BCUT2D eigenvalue weighted by molar-refractivity contribution is 5.73. The van der Waals surface area contributed by atoms with Crippen LogP contribution in [0.5, 0.6) is 0 Å². The van der Waals surface area contributed by atoms with Crippen molar-refractivity contribution in [3.63, 3.8) is 0 Å². The molecule has 1 amide bonds. The molecule has 1 aromatic rings. The Balaban J connectivity index is 2.47. The van der Waals surface area contributed by atoms with E-state index in [4.69, 9.17) is 5.73 Å². The summed E-state index contributed by atoms with van der Waals surface area (Å²) in [5.41, 5.74) is 7.39. The van der Waals surface area contributed by atoms with Gasteiger partial charge in [0.2, 0.25) is 5.91 Å². The zero-order valence-corrected chi connectivity index (χ0v) is 8.16. The van der Waals surface area contributed by atoms with Gasteiger partial charge in [-0.25, -0.2) is 0 Å². The minimum absolute atomic E-state index is 0.0257. The molecule has 0 radical (unpaired) electrons. The fourth-order valence-corrected chi connectivity index (χ4v) is 1.06. The second-order valence-electron chi connectivity index (χ2n) is 3.01. The molecule has 0 aliphatic heterocycles. The number of carbonyl (C=O) groups is 1. The van der Waals surface area contributed by atoms with Crippen molar-refractivity contribution in [2.45, 2.75) is 6.92 Å². The summed E-state index contributed by atoms with van der Waals surface area (Å²) in [6.07, 6.45) is 3.81. The van der Waals surface area contributed by atoms with Crippen LogP contribution in [0.3, 0.4) is 0 Å². The number of hydrogen-bond donors (Lipinski definition) is 2. The highest BCUT2D eigenvalue weighted by Gasteiger charge is 1.88. The Kier molecular flexibility index (Phi) is 3.73. The van der Waals surface area contributed by atoms with E-state index < -0.39 is 0 Å². The summed E-state index contributed by atoms with van der Waals surface area (Å²) >= 11 is 0. The van der Waals surface area contributed by atoms with E-state index >= 15 is 0 Å². The normalized spacial score (nSPS) is 10.4. The first-order valence-electron chi connectivity index (χ1n) is 4.45. The summed E-state index contributed by atoms with van der Waals surface area (Å²) in [6, 6.07) is 7.57. The lowest BCUT2D eigenvalue weighted by atomic mass is 10.2. The van der Waals surface area contributed by atoms with Gasteiger partial charge in [0.05, 0.1) is 0 Å². The molecule has 14 heavy (non-hydrogen) atoms. The lowest BCUT2D eigenvalue weighted by molar-refractivity contribution is -0.118. The van der Waals surface area contributed by atoms with E-state index in [0.29, 0.717) is 6.54 Å². The van der Waals surface area contributed by atoms with Crippen molar-refractivity contribution in [2.75, 3.05) is 12.3 Å².